The van der Waals surface area contributed by atoms with E-state index in [4.69, 9.17) is 38.3 Å². The predicted molar refractivity (Wildman–Crippen MR) is 193 cm³/mol. The fourth-order valence-electron chi connectivity index (χ4n) is 6.20. The molecular formula is C39H43N3O12. The minimum atomic E-state index is -1.39. The van der Waals surface area contributed by atoms with Gasteiger partial charge in [0.1, 0.15) is 47.8 Å². The Labute approximate surface area is 311 Å². The molecule has 0 unspecified atom stereocenters. The number of esters is 1. The summed E-state index contributed by atoms with van der Waals surface area (Å²) in [5.41, 5.74) is -0.0570. The van der Waals surface area contributed by atoms with Gasteiger partial charge in [-0.05, 0) is 47.0 Å². The van der Waals surface area contributed by atoms with E-state index in [0.717, 1.165) is 5.56 Å². The lowest BCUT2D eigenvalue weighted by molar-refractivity contribution is -0.157. The minimum absolute atomic E-state index is 0.0393. The summed E-state index contributed by atoms with van der Waals surface area (Å²) in [5, 5.41) is 11.6. The number of carbonyl (C=O) groups is 3. The maximum atomic E-state index is 13.5. The van der Waals surface area contributed by atoms with Crippen LogP contribution in [0.1, 0.15) is 42.7 Å². The number of carboxylic acids is 1. The number of hydrogen-bond acceptors (Lipinski definition) is 12. The first kappa shape index (κ1) is 39.6. The van der Waals surface area contributed by atoms with Crippen LogP contribution in [0, 0.1) is 0 Å². The lowest BCUT2D eigenvalue weighted by Gasteiger charge is -2.40. The third kappa shape index (κ3) is 9.30. The molecule has 54 heavy (non-hydrogen) atoms. The van der Waals surface area contributed by atoms with Crippen LogP contribution in [0.15, 0.2) is 95.9 Å². The summed E-state index contributed by atoms with van der Waals surface area (Å²) in [6.45, 7) is 1.15. The van der Waals surface area contributed by atoms with Gasteiger partial charge in [0, 0.05) is 20.2 Å². The zero-order valence-electron chi connectivity index (χ0n) is 30.3. The molecule has 0 saturated carbocycles. The number of ether oxygens (including phenoxy) is 7. The van der Waals surface area contributed by atoms with Crippen molar-refractivity contribution in [1.29, 1.82) is 0 Å². The number of hydrogen-bond donors (Lipinski definition) is 2. The Hall–Kier alpha value is -5.61. The van der Waals surface area contributed by atoms with Crippen LogP contribution >= 0.6 is 0 Å². The number of methoxy groups -OCH3 is 3. The van der Waals surface area contributed by atoms with Crippen molar-refractivity contribution in [2.45, 2.75) is 49.9 Å². The Morgan fingerprint density at radius 2 is 1.44 bits per heavy atom. The van der Waals surface area contributed by atoms with Gasteiger partial charge in [0.05, 0.1) is 40.3 Å². The molecule has 0 radical (unpaired) electrons. The lowest BCUT2D eigenvalue weighted by atomic mass is 9.79. The summed E-state index contributed by atoms with van der Waals surface area (Å²) >= 11 is 0. The van der Waals surface area contributed by atoms with E-state index in [9.17, 15) is 19.2 Å². The number of anilines is 1. The van der Waals surface area contributed by atoms with Gasteiger partial charge in [0.2, 0.25) is 5.91 Å². The van der Waals surface area contributed by atoms with Crippen LogP contribution in [-0.4, -0.2) is 92.0 Å². The molecule has 15 nitrogen and oxygen atoms in total. The predicted octanol–water partition coefficient (Wildman–Crippen LogP) is 3.93. The van der Waals surface area contributed by atoms with E-state index in [-0.39, 0.29) is 32.1 Å². The van der Waals surface area contributed by atoms with Crippen molar-refractivity contribution in [3.63, 3.8) is 0 Å². The summed E-state index contributed by atoms with van der Waals surface area (Å²) in [5.74, 6) is -1.07. The van der Waals surface area contributed by atoms with Crippen molar-refractivity contribution in [2.75, 3.05) is 46.5 Å². The minimum Gasteiger partial charge on any atom is -0.497 e. The molecule has 1 saturated heterocycles. The molecule has 1 aromatic heterocycles. The summed E-state index contributed by atoms with van der Waals surface area (Å²) in [7, 11) is 4.65. The SMILES string of the molecule is COCCO[C@@H]1[C@H](OC(c2ccccc2)(c2ccc(OC)cc2)c2ccc(OC)cc2)[C@@H](COC(=O)CCC(=O)O)O[C@H]1n1ccc(NC(C)=O)nc1=O. The van der Waals surface area contributed by atoms with Crippen LogP contribution in [0.25, 0.3) is 0 Å². The van der Waals surface area contributed by atoms with Gasteiger partial charge in [-0.3, -0.25) is 19.0 Å². The van der Waals surface area contributed by atoms with Gasteiger partial charge in [0.25, 0.3) is 0 Å². The van der Waals surface area contributed by atoms with E-state index in [1.165, 1.54) is 30.9 Å². The van der Waals surface area contributed by atoms with Crippen molar-refractivity contribution in [2.24, 2.45) is 0 Å². The van der Waals surface area contributed by atoms with E-state index >= 15 is 0 Å². The largest absolute Gasteiger partial charge is 0.497 e. The molecule has 1 amide bonds. The van der Waals surface area contributed by atoms with Crippen LogP contribution < -0.4 is 20.5 Å². The topological polar surface area (TPSA) is 183 Å². The highest BCUT2D eigenvalue weighted by molar-refractivity contribution is 5.87. The molecule has 286 valence electrons. The number of benzene rings is 3. The van der Waals surface area contributed by atoms with Gasteiger partial charge in [-0.15, -0.1) is 0 Å². The van der Waals surface area contributed by atoms with Crippen LogP contribution in [0.4, 0.5) is 5.82 Å². The quantitative estimate of drug-likeness (QED) is 0.0850. The number of amides is 1. The van der Waals surface area contributed by atoms with Crippen molar-refractivity contribution in [3.05, 3.63) is 118 Å². The third-order valence-electron chi connectivity index (χ3n) is 8.73. The number of aromatic nitrogens is 2. The van der Waals surface area contributed by atoms with Gasteiger partial charge in [-0.2, -0.15) is 4.98 Å². The Balaban J connectivity index is 1.69. The van der Waals surface area contributed by atoms with Crippen LogP contribution in [-0.2, 0) is 43.7 Å². The zero-order valence-corrected chi connectivity index (χ0v) is 30.3. The molecule has 1 aliphatic heterocycles. The number of nitrogens with zero attached hydrogens (tertiary/aromatic N) is 2. The fraction of sp³-hybridized carbons (Fsp3) is 0.359. The fourth-order valence-corrected chi connectivity index (χ4v) is 6.20. The Bertz CT molecular complexity index is 1870. The Morgan fingerprint density at radius 3 is 1.98 bits per heavy atom. The van der Waals surface area contributed by atoms with E-state index in [2.05, 4.69) is 10.3 Å². The van der Waals surface area contributed by atoms with Gasteiger partial charge in [0.15, 0.2) is 6.23 Å². The maximum Gasteiger partial charge on any atom is 0.351 e. The number of nitrogens with one attached hydrogen (secondary N) is 1. The molecule has 0 spiro atoms. The molecule has 4 atom stereocenters. The molecule has 2 N–H and O–H groups in total. The summed E-state index contributed by atoms with van der Waals surface area (Å²) < 4.78 is 43.4. The van der Waals surface area contributed by atoms with Gasteiger partial charge in [-0.25, -0.2) is 4.79 Å². The molecule has 15 heteroatoms. The van der Waals surface area contributed by atoms with Crippen molar-refractivity contribution in [3.8, 4) is 11.5 Å². The highest BCUT2D eigenvalue weighted by atomic mass is 16.6. The summed E-state index contributed by atoms with van der Waals surface area (Å²) in [6, 6.07) is 25.6. The molecule has 1 fully saturated rings. The molecule has 4 aromatic rings. The van der Waals surface area contributed by atoms with Crippen molar-refractivity contribution in [1.82, 2.24) is 9.55 Å². The van der Waals surface area contributed by atoms with Gasteiger partial charge < -0.3 is 43.6 Å². The van der Waals surface area contributed by atoms with Crippen LogP contribution in [0.3, 0.4) is 0 Å². The normalized spacial score (nSPS) is 18.1. The second kappa shape index (κ2) is 18.4. The molecule has 5 rings (SSSR count). The van der Waals surface area contributed by atoms with Gasteiger partial charge >= 0.3 is 17.6 Å². The zero-order chi connectivity index (χ0) is 38.7. The third-order valence-corrected chi connectivity index (χ3v) is 8.73. The molecule has 0 aliphatic carbocycles. The number of carbonyl (C=O) groups excluding carboxylic acids is 2. The van der Waals surface area contributed by atoms with E-state index in [1.807, 2.05) is 78.9 Å². The Morgan fingerprint density at radius 1 is 0.833 bits per heavy atom. The average Bonchev–Trinajstić information content (AvgIpc) is 3.51. The van der Waals surface area contributed by atoms with Gasteiger partial charge in [-0.1, -0.05) is 54.6 Å². The highest BCUT2D eigenvalue weighted by Crippen LogP contribution is 2.46. The first-order valence-corrected chi connectivity index (χ1v) is 17.1. The molecule has 3 aromatic carbocycles. The van der Waals surface area contributed by atoms with E-state index < -0.39 is 60.1 Å². The Kier molecular flexibility index (Phi) is 13.5. The monoisotopic (exact) mass is 745 g/mol. The number of aliphatic carboxylic acids is 1. The highest BCUT2D eigenvalue weighted by Gasteiger charge is 2.53. The molecule has 2 heterocycles. The van der Waals surface area contributed by atoms with Crippen LogP contribution in [0.2, 0.25) is 0 Å². The smallest absolute Gasteiger partial charge is 0.351 e. The van der Waals surface area contributed by atoms with E-state index in [1.54, 1.807) is 14.2 Å². The average molecular weight is 746 g/mol. The molecule has 0 bridgehead atoms. The van der Waals surface area contributed by atoms with Crippen LogP contribution in [0.5, 0.6) is 11.5 Å². The molecule has 1 aliphatic rings. The maximum absolute atomic E-state index is 13.5. The standard InChI is InChI=1S/C39H43N3O12/c1-25(43)40-32-20-21-42(38(47)41-32)37-36(51-23-22-48-2)35(31(53-37)24-52-34(46)19-18-33(44)45)54-39(26-8-6-5-7-9-26,27-10-14-29(49-3)15-11-27)28-12-16-30(50-4)17-13-28/h5-17,20-21,31,35-37H,18-19,22-24H2,1-4H3,(H,44,45)(H,40,41,43,47)/t31-,35-,36-,37-/m1/s1. The van der Waals surface area contributed by atoms with Crippen molar-refractivity contribution < 1.29 is 52.6 Å². The first-order chi connectivity index (χ1) is 26.1. The summed E-state index contributed by atoms with van der Waals surface area (Å²) in [4.78, 5) is 53.2. The second-order valence-electron chi connectivity index (χ2n) is 12.2. The molecular weight excluding hydrogens is 702 g/mol. The summed E-state index contributed by atoms with van der Waals surface area (Å²) in [6.07, 6.45) is -3.76. The van der Waals surface area contributed by atoms with Crippen molar-refractivity contribution >= 4 is 23.7 Å². The van der Waals surface area contributed by atoms with E-state index in [0.29, 0.717) is 22.6 Å². The first-order valence-electron chi connectivity index (χ1n) is 17.1. The second-order valence-corrected chi connectivity index (χ2v) is 12.2. The lowest BCUT2D eigenvalue weighted by Crippen LogP contribution is -2.47. The number of rotatable bonds is 18. The number of carboxylic acid groups (broad SMARTS) is 1.